The molecule has 206 valence electrons. The van der Waals surface area contributed by atoms with Gasteiger partial charge in [0.25, 0.3) is 5.56 Å². The molecule has 1 aromatic heterocycles. The molecule has 0 fully saturated rings. The number of aromatic nitrogens is 2. The molecule has 2 aromatic rings. The van der Waals surface area contributed by atoms with E-state index in [1.165, 1.54) is 94.6 Å². The van der Waals surface area contributed by atoms with E-state index in [1.807, 2.05) is 30.3 Å². The number of hydrogen-bond donors (Lipinski definition) is 1. The molecule has 0 aliphatic heterocycles. The average Bonchev–Trinajstić information content (AvgIpc) is 2.90. The van der Waals surface area contributed by atoms with Crippen LogP contribution in [0.2, 0.25) is 0 Å². The van der Waals surface area contributed by atoms with Gasteiger partial charge in [-0.05, 0) is 6.42 Å². The monoisotopic (exact) mass is 512 g/mol. The number of esters is 1. The topological polar surface area (TPSA) is 81.4 Å². The Labute approximate surface area is 223 Å². The lowest BCUT2D eigenvalue weighted by Gasteiger charge is -2.09. The van der Waals surface area contributed by atoms with Crippen LogP contribution in [0.4, 0.5) is 0 Å². The van der Waals surface area contributed by atoms with E-state index in [0.29, 0.717) is 17.9 Å². The van der Waals surface area contributed by atoms with Crippen LogP contribution in [0.25, 0.3) is 11.3 Å². The van der Waals surface area contributed by atoms with Gasteiger partial charge in [-0.15, -0.1) is 0 Å². The largest absolute Gasteiger partial charge is 0.505 e. The van der Waals surface area contributed by atoms with Crippen LogP contribution < -0.4 is 5.56 Å². The zero-order valence-corrected chi connectivity index (χ0v) is 23.0. The van der Waals surface area contributed by atoms with Crippen molar-refractivity contribution in [3.8, 4) is 17.0 Å². The van der Waals surface area contributed by atoms with Crippen molar-refractivity contribution in [3.63, 3.8) is 0 Å². The lowest BCUT2D eigenvalue weighted by atomic mass is 10.0. The van der Waals surface area contributed by atoms with Gasteiger partial charge in [0.05, 0.1) is 19.6 Å². The maximum absolute atomic E-state index is 12.2. The molecule has 0 radical (unpaired) electrons. The van der Waals surface area contributed by atoms with Gasteiger partial charge in [-0.1, -0.05) is 134 Å². The first kappa shape index (κ1) is 30.6. The summed E-state index contributed by atoms with van der Waals surface area (Å²) in [6.45, 7) is 2.81. The Hall–Kier alpha value is -2.63. The highest BCUT2D eigenvalue weighted by Crippen LogP contribution is 2.24. The molecule has 37 heavy (non-hydrogen) atoms. The van der Waals surface area contributed by atoms with Crippen LogP contribution in [-0.4, -0.2) is 27.5 Å². The van der Waals surface area contributed by atoms with Crippen LogP contribution in [0.3, 0.4) is 0 Å². The highest BCUT2D eigenvalue weighted by atomic mass is 16.5. The molecular weight excluding hydrogens is 464 g/mol. The molecule has 6 heteroatoms. The molecule has 2 rings (SSSR count). The minimum atomic E-state index is -0.442. The van der Waals surface area contributed by atoms with E-state index in [2.05, 4.69) is 12.0 Å². The summed E-state index contributed by atoms with van der Waals surface area (Å²) in [4.78, 5) is 24.2. The molecule has 0 saturated heterocycles. The van der Waals surface area contributed by atoms with Gasteiger partial charge in [-0.3, -0.25) is 9.59 Å². The molecule has 0 aliphatic carbocycles. The third kappa shape index (κ3) is 13.5. The Bertz CT molecular complexity index is 927. The Kier molecular flexibility index (Phi) is 16.1. The smallest absolute Gasteiger partial charge is 0.307 e. The van der Waals surface area contributed by atoms with Gasteiger partial charge >= 0.3 is 5.97 Å². The third-order valence-corrected chi connectivity index (χ3v) is 6.81. The number of rotatable bonds is 21. The molecule has 0 amide bonds. The summed E-state index contributed by atoms with van der Waals surface area (Å²) in [7, 11) is 0. The van der Waals surface area contributed by atoms with Crippen molar-refractivity contribution in [1.29, 1.82) is 0 Å². The van der Waals surface area contributed by atoms with Gasteiger partial charge in [-0.2, -0.15) is 5.10 Å². The van der Waals surface area contributed by atoms with Crippen LogP contribution >= 0.6 is 0 Å². The summed E-state index contributed by atoms with van der Waals surface area (Å²) >= 11 is 0. The molecule has 6 nitrogen and oxygen atoms in total. The van der Waals surface area contributed by atoms with Crippen molar-refractivity contribution < 1.29 is 14.6 Å². The second-order valence-corrected chi connectivity index (χ2v) is 10.1. The van der Waals surface area contributed by atoms with Crippen LogP contribution in [0.15, 0.2) is 41.2 Å². The summed E-state index contributed by atoms with van der Waals surface area (Å²) in [6, 6.07) is 10.3. The molecule has 0 saturated carbocycles. The van der Waals surface area contributed by atoms with Crippen molar-refractivity contribution in [2.75, 3.05) is 6.61 Å². The van der Waals surface area contributed by atoms with Gasteiger partial charge in [0.2, 0.25) is 0 Å². The van der Waals surface area contributed by atoms with Gasteiger partial charge in [0, 0.05) is 11.6 Å². The molecule has 0 atom stereocenters. The fraction of sp³-hybridized carbons (Fsp3) is 0.645. The predicted octanol–water partition coefficient (Wildman–Crippen LogP) is 7.81. The Morgan fingerprint density at radius 2 is 1.32 bits per heavy atom. The number of ether oxygens (including phenoxy) is 1. The van der Waals surface area contributed by atoms with E-state index < -0.39 is 5.56 Å². The summed E-state index contributed by atoms with van der Waals surface area (Å²) in [6.07, 6.45) is 21.0. The van der Waals surface area contributed by atoms with Crippen LogP contribution in [-0.2, 0) is 16.1 Å². The quantitative estimate of drug-likeness (QED) is 0.136. The van der Waals surface area contributed by atoms with E-state index in [4.69, 9.17) is 4.74 Å². The number of carbonyl (C=O) groups is 1. The van der Waals surface area contributed by atoms with E-state index in [1.54, 1.807) is 0 Å². The molecule has 0 spiro atoms. The Morgan fingerprint density at radius 3 is 1.86 bits per heavy atom. The summed E-state index contributed by atoms with van der Waals surface area (Å²) in [5.74, 6) is -0.498. The summed E-state index contributed by atoms with van der Waals surface area (Å²) in [5.41, 5.74) is 0.587. The fourth-order valence-electron chi connectivity index (χ4n) is 4.55. The second kappa shape index (κ2) is 19.5. The highest BCUT2D eigenvalue weighted by molar-refractivity contribution is 5.69. The first-order valence-electron chi connectivity index (χ1n) is 14.6. The number of aryl methyl sites for hydroxylation is 1. The van der Waals surface area contributed by atoms with Crippen molar-refractivity contribution >= 4 is 5.97 Å². The number of nitrogens with zero attached hydrogens (tertiary/aromatic N) is 2. The van der Waals surface area contributed by atoms with Crippen LogP contribution in [0, 0.1) is 0 Å². The summed E-state index contributed by atoms with van der Waals surface area (Å²) < 4.78 is 6.54. The van der Waals surface area contributed by atoms with Crippen LogP contribution in [0.1, 0.15) is 116 Å². The zero-order valence-electron chi connectivity index (χ0n) is 23.0. The van der Waals surface area contributed by atoms with Crippen molar-refractivity contribution in [2.45, 2.75) is 123 Å². The van der Waals surface area contributed by atoms with E-state index in [-0.39, 0.29) is 24.7 Å². The van der Waals surface area contributed by atoms with E-state index in [9.17, 15) is 14.7 Å². The number of aromatic hydroxyl groups is 1. The second-order valence-electron chi connectivity index (χ2n) is 10.1. The number of hydrogen-bond acceptors (Lipinski definition) is 5. The average molecular weight is 513 g/mol. The van der Waals surface area contributed by atoms with E-state index in [0.717, 1.165) is 18.9 Å². The maximum atomic E-state index is 12.2. The molecule has 0 bridgehead atoms. The Morgan fingerprint density at radius 1 is 0.811 bits per heavy atom. The standard InChI is InChI=1S/C31H48N2O4/c1-2-3-4-5-6-7-8-9-10-11-12-13-14-15-16-20-25-37-30(36)23-24-33-29(35)26-28(34)31(32-33)27-21-18-17-19-22-27/h17-19,21-22,26,34H,2-16,20,23-25H2,1H3. The van der Waals surface area contributed by atoms with Crippen molar-refractivity contribution in [3.05, 3.63) is 46.8 Å². The van der Waals surface area contributed by atoms with Gasteiger partial charge in [0.1, 0.15) is 11.4 Å². The lowest BCUT2D eigenvalue weighted by molar-refractivity contribution is -0.144. The van der Waals surface area contributed by atoms with Gasteiger partial charge < -0.3 is 9.84 Å². The first-order valence-corrected chi connectivity index (χ1v) is 14.6. The van der Waals surface area contributed by atoms with E-state index >= 15 is 0 Å². The minimum absolute atomic E-state index is 0.0742. The minimum Gasteiger partial charge on any atom is -0.505 e. The maximum Gasteiger partial charge on any atom is 0.307 e. The molecule has 1 aromatic carbocycles. The lowest BCUT2D eigenvalue weighted by Crippen LogP contribution is -2.24. The molecule has 1 heterocycles. The summed E-state index contributed by atoms with van der Waals surface area (Å²) in [5, 5.41) is 14.3. The predicted molar refractivity (Wildman–Crippen MR) is 151 cm³/mol. The molecule has 0 unspecified atom stereocenters. The number of unbranched alkanes of at least 4 members (excludes halogenated alkanes) is 15. The Balaban J connectivity index is 1.46. The molecular formula is C31H48N2O4. The SMILES string of the molecule is CCCCCCCCCCCCCCCCCCOC(=O)CCn1nc(-c2ccccc2)c(O)cc1=O. The van der Waals surface area contributed by atoms with Gasteiger partial charge in [-0.25, -0.2) is 4.68 Å². The first-order chi connectivity index (χ1) is 18.1. The van der Waals surface area contributed by atoms with Crippen LogP contribution in [0.5, 0.6) is 5.75 Å². The highest BCUT2D eigenvalue weighted by Gasteiger charge is 2.11. The fourth-order valence-corrected chi connectivity index (χ4v) is 4.55. The number of benzene rings is 1. The van der Waals surface area contributed by atoms with Crippen molar-refractivity contribution in [1.82, 2.24) is 9.78 Å². The van der Waals surface area contributed by atoms with Gasteiger partial charge in [0.15, 0.2) is 0 Å². The molecule has 1 N–H and O–H groups in total. The number of carbonyl (C=O) groups excluding carboxylic acids is 1. The third-order valence-electron chi connectivity index (χ3n) is 6.81. The normalized spacial score (nSPS) is 11.1. The zero-order chi connectivity index (χ0) is 26.6. The molecule has 0 aliphatic rings. The van der Waals surface area contributed by atoms with Crippen molar-refractivity contribution in [2.24, 2.45) is 0 Å².